The zero-order valence-corrected chi connectivity index (χ0v) is 11.3. The Morgan fingerprint density at radius 1 is 1.36 bits per heavy atom. The van der Waals surface area contributed by atoms with Gasteiger partial charge in [0, 0.05) is 0 Å². The fraction of sp³-hybridized carbons (Fsp3) is 1.00. The maximum Gasteiger partial charge on any atom is 0.192 e. The van der Waals surface area contributed by atoms with Gasteiger partial charge in [-0.15, -0.1) is 0 Å². The third kappa shape index (κ3) is 3.69. The molecule has 0 aliphatic heterocycles. The summed E-state index contributed by atoms with van der Waals surface area (Å²) >= 11 is 0. The predicted octanol–water partition coefficient (Wildman–Crippen LogP) is 1.72. The van der Waals surface area contributed by atoms with E-state index in [0.717, 1.165) is 0 Å². The lowest BCUT2D eigenvalue weighted by atomic mass is 10.2. The summed E-state index contributed by atoms with van der Waals surface area (Å²) < 4.78 is 6.01. The zero-order valence-electron chi connectivity index (χ0n) is 10.3. The largest absolute Gasteiger partial charge is 0.413 e. The minimum Gasteiger partial charge on any atom is -0.413 e. The molecule has 2 atom stereocenters. The van der Waals surface area contributed by atoms with Crippen LogP contribution in [0.15, 0.2) is 0 Å². The molecule has 2 unspecified atom stereocenters. The van der Waals surface area contributed by atoms with Crippen LogP contribution in [-0.4, -0.2) is 32.2 Å². The third-order valence-corrected chi connectivity index (χ3v) is 7.67. The molecule has 86 valence electrons. The SMILES string of the molecule is CC(O[Si](C)(C)C(C)(C)C)C(N)CO. The number of hydrogen-bond donors (Lipinski definition) is 2. The van der Waals surface area contributed by atoms with Crippen LogP contribution in [0.25, 0.3) is 0 Å². The van der Waals surface area contributed by atoms with E-state index in [1.54, 1.807) is 0 Å². The van der Waals surface area contributed by atoms with Gasteiger partial charge < -0.3 is 15.3 Å². The van der Waals surface area contributed by atoms with Crippen molar-refractivity contribution in [3.05, 3.63) is 0 Å². The van der Waals surface area contributed by atoms with Crippen molar-refractivity contribution in [2.24, 2.45) is 5.73 Å². The Bertz CT molecular complexity index is 177. The molecule has 0 radical (unpaired) electrons. The highest BCUT2D eigenvalue weighted by molar-refractivity contribution is 6.74. The van der Waals surface area contributed by atoms with Crippen LogP contribution in [0.5, 0.6) is 0 Å². The molecule has 0 aromatic heterocycles. The topological polar surface area (TPSA) is 55.5 Å². The summed E-state index contributed by atoms with van der Waals surface area (Å²) in [7, 11) is -1.74. The highest BCUT2D eigenvalue weighted by Crippen LogP contribution is 2.37. The summed E-state index contributed by atoms with van der Waals surface area (Å²) in [5.74, 6) is 0. The molecule has 0 aromatic rings. The average molecular weight is 219 g/mol. The van der Waals surface area contributed by atoms with Crippen molar-refractivity contribution in [3.63, 3.8) is 0 Å². The molecule has 0 fully saturated rings. The van der Waals surface area contributed by atoms with Crippen LogP contribution in [0.2, 0.25) is 18.1 Å². The molecule has 14 heavy (non-hydrogen) atoms. The quantitative estimate of drug-likeness (QED) is 0.708. The van der Waals surface area contributed by atoms with E-state index in [-0.39, 0.29) is 23.8 Å². The van der Waals surface area contributed by atoms with Crippen molar-refractivity contribution < 1.29 is 9.53 Å². The van der Waals surface area contributed by atoms with E-state index < -0.39 is 8.32 Å². The molecule has 0 saturated carbocycles. The van der Waals surface area contributed by atoms with E-state index in [0.29, 0.717) is 0 Å². The molecule has 0 bridgehead atoms. The Hall–Kier alpha value is 0.0969. The first-order valence-corrected chi connectivity index (χ1v) is 8.07. The first kappa shape index (κ1) is 14.1. The molecule has 0 spiro atoms. The Kier molecular flexibility index (Phi) is 4.78. The zero-order chi connectivity index (χ0) is 11.6. The summed E-state index contributed by atoms with van der Waals surface area (Å²) in [6, 6.07) is -0.274. The van der Waals surface area contributed by atoms with E-state index in [2.05, 4.69) is 33.9 Å². The fourth-order valence-electron chi connectivity index (χ4n) is 0.877. The van der Waals surface area contributed by atoms with Crippen LogP contribution in [0.3, 0.4) is 0 Å². The van der Waals surface area contributed by atoms with Gasteiger partial charge in [-0.1, -0.05) is 20.8 Å². The summed E-state index contributed by atoms with van der Waals surface area (Å²) in [5, 5.41) is 9.11. The number of aliphatic hydroxyl groups is 1. The maximum absolute atomic E-state index is 8.92. The molecule has 0 aliphatic carbocycles. The normalized spacial score (nSPS) is 18.0. The minimum atomic E-state index is -1.74. The van der Waals surface area contributed by atoms with E-state index in [4.69, 9.17) is 15.3 Å². The third-order valence-electron chi connectivity index (χ3n) is 3.10. The van der Waals surface area contributed by atoms with Crippen molar-refractivity contribution in [2.75, 3.05) is 6.61 Å². The van der Waals surface area contributed by atoms with Gasteiger partial charge in [0.05, 0.1) is 18.8 Å². The molecule has 0 amide bonds. The molecule has 4 heteroatoms. The standard InChI is InChI=1S/C10H25NO2Si/c1-8(9(11)7-12)13-14(5,6)10(2,3)4/h8-9,12H,7,11H2,1-6H3. The number of hydrogen-bond acceptors (Lipinski definition) is 3. The molecule has 3 nitrogen and oxygen atoms in total. The number of nitrogens with two attached hydrogens (primary N) is 1. The van der Waals surface area contributed by atoms with Crippen molar-refractivity contribution in [1.29, 1.82) is 0 Å². The average Bonchev–Trinajstić information content (AvgIpc) is 2.00. The summed E-state index contributed by atoms with van der Waals surface area (Å²) in [4.78, 5) is 0. The fourth-order valence-corrected chi connectivity index (χ4v) is 2.34. The monoisotopic (exact) mass is 219 g/mol. The van der Waals surface area contributed by atoms with Crippen molar-refractivity contribution in [1.82, 2.24) is 0 Å². The Labute approximate surface area is 88.8 Å². The maximum atomic E-state index is 8.92. The molecule has 0 heterocycles. The smallest absolute Gasteiger partial charge is 0.192 e. The second-order valence-electron chi connectivity index (χ2n) is 5.43. The lowest BCUT2D eigenvalue weighted by Gasteiger charge is -2.39. The van der Waals surface area contributed by atoms with Crippen LogP contribution in [0.1, 0.15) is 27.7 Å². The van der Waals surface area contributed by atoms with Gasteiger partial charge in [0.1, 0.15) is 0 Å². The van der Waals surface area contributed by atoms with Crippen molar-refractivity contribution in [3.8, 4) is 0 Å². The lowest BCUT2D eigenvalue weighted by Crippen LogP contribution is -2.49. The Morgan fingerprint density at radius 3 is 2.07 bits per heavy atom. The minimum absolute atomic E-state index is 0.0181. The van der Waals surface area contributed by atoms with E-state index in [1.165, 1.54) is 0 Å². The van der Waals surface area contributed by atoms with Gasteiger partial charge in [-0.25, -0.2) is 0 Å². The van der Waals surface area contributed by atoms with Gasteiger partial charge >= 0.3 is 0 Å². The second kappa shape index (κ2) is 4.75. The van der Waals surface area contributed by atoms with Crippen LogP contribution in [0.4, 0.5) is 0 Å². The molecule has 0 saturated heterocycles. The first-order valence-electron chi connectivity index (χ1n) is 5.16. The van der Waals surface area contributed by atoms with Crippen LogP contribution >= 0.6 is 0 Å². The Morgan fingerprint density at radius 2 is 1.79 bits per heavy atom. The first-order chi connectivity index (χ1) is 6.12. The van der Waals surface area contributed by atoms with Crippen molar-refractivity contribution >= 4 is 8.32 Å². The number of rotatable bonds is 4. The number of aliphatic hydroxyl groups excluding tert-OH is 1. The molecule has 3 N–H and O–H groups in total. The van der Waals surface area contributed by atoms with Crippen molar-refractivity contribution in [2.45, 2.75) is 58.0 Å². The van der Waals surface area contributed by atoms with Crippen LogP contribution < -0.4 is 5.73 Å². The highest BCUT2D eigenvalue weighted by atomic mass is 28.4. The molecule has 0 aromatic carbocycles. The summed E-state index contributed by atoms with van der Waals surface area (Å²) in [5.41, 5.74) is 5.71. The highest BCUT2D eigenvalue weighted by Gasteiger charge is 2.39. The summed E-state index contributed by atoms with van der Waals surface area (Å²) in [6.45, 7) is 12.9. The van der Waals surface area contributed by atoms with Crippen LogP contribution in [0, 0.1) is 0 Å². The Balaban J connectivity index is 4.36. The van der Waals surface area contributed by atoms with E-state index >= 15 is 0 Å². The molecule has 0 rings (SSSR count). The van der Waals surface area contributed by atoms with Crippen LogP contribution in [-0.2, 0) is 4.43 Å². The van der Waals surface area contributed by atoms with Gasteiger partial charge in [0.25, 0.3) is 0 Å². The van der Waals surface area contributed by atoms with E-state index in [9.17, 15) is 0 Å². The van der Waals surface area contributed by atoms with E-state index in [1.807, 2.05) is 6.92 Å². The van der Waals surface area contributed by atoms with Gasteiger partial charge in [-0.2, -0.15) is 0 Å². The second-order valence-corrected chi connectivity index (χ2v) is 10.2. The lowest BCUT2D eigenvalue weighted by molar-refractivity contribution is 0.130. The molecule has 0 aliphatic rings. The van der Waals surface area contributed by atoms with Gasteiger partial charge in [-0.05, 0) is 25.1 Å². The molecular formula is C10H25NO2Si. The summed E-state index contributed by atoms with van der Waals surface area (Å²) in [6.07, 6.45) is -0.0686. The van der Waals surface area contributed by atoms with Gasteiger partial charge in [0.2, 0.25) is 0 Å². The predicted molar refractivity (Wildman–Crippen MR) is 62.8 cm³/mol. The van der Waals surface area contributed by atoms with Gasteiger partial charge in [0.15, 0.2) is 8.32 Å². The molecular weight excluding hydrogens is 194 g/mol. The van der Waals surface area contributed by atoms with Gasteiger partial charge in [-0.3, -0.25) is 0 Å².